The molecular weight excluding hydrogens is 324 g/mol. The highest BCUT2D eigenvalue weighted by Crippen LogP contribution is 2.44. The van der Waals surface area contributed by atoms with Crippen LogP contribution in [0.1, 0.15) is 58.1 Å². The summed E-state index contributed by atoms with van der Waals surface area (Å²) in [7, 11) is 2.23. The fraction of sp³-hybridized carbons (Fsp3) is 0.682. The SMILES string of the molecule is CCN(C)[C@H]1C[C@@H](c2ccccc2)OC2(CCN(C(=O)C(C)C)CC2)C1. The van der Waals surface area contributed by atoms with Crippen LogP contribution in [0.15, 0.2) is 30.3 Å². The lowest BCUT2D eigenvalue weighted by molar-refractivity contribution is -0.177. The van der Waals surface area contributed by atoms with Gasteiger partial charge >= 0.3 is 0 Å². The number of likely N-dealkylation sites (tertiary alicyclic amines) is 1. The highest BCUT2D eigenvalue weighted by atomic mass is 16.5. The van der Waals surface area contributed by atoms with E-state index in [1.807, 2.05) is 18.7 Å². The molecule has 4 heteroatoms. The summed E-state index contributed by atoms with van der Waals surface area (Å²) in [6.07, 6.45) is 4.16. The Labute approximate surface area is 158 Å². The van der Waals surface area contributed by atoms with E-state index in [1.165, 1.54) is 5.56 Å². The summed E-state index contributed by atoms with van der Waals surface area (Å²) >= 11 is 0. The van der Waals surface area contributed by atoms with Crippen molar-refractivity contribution in [3.8, 4) is 0 Å². The Bertz CT molecular complexity index is 593. The van der Waals surface area contributed by atoms with Crippen LogP contribution >= 0.6 is 0 Å². The Hall–Kier alpha value is -1.39. The third-order valence-electron chi connectivity index (χ3n) is 6.26. The van der Waals surface area contributed by atoms with Crippen molar-refractivity contribution in [1.82, 2.24) is 9.80 Å². The molecule has 0 N–H and O–H groups in total. The first-order valence-electron chi connectivity index (χ1n) is 10.2. The van der Waals surface area contributed by atoms with Gasteiger partial charge < -0.3 is 14.5 Å². The van der Waals surface area contributed by atoms with E-state index in [4.69, 9.17) is 4.74 Å². The summed E-state index contributed by atoms with van der Waals surface area (Å²) in [5, 5.41) is 0. The molecule has 144 valence electrons. The average molecular weight is 359 g/mol. The van der Waals surface area contributed by atoms with E-state index in [2.05, 4.69) is 49.2 Å². The lowest BCUT2D eigenvalue weighted by Gasteiger charge is -2.50. The van der Waals surface area contributed by atoms with Crippen molar-refractivity contribution in [3.63, 3.8) is 0 Å². The quantitative estimate of drug-likeness (QED) is 0.819. The van der Waals surface area contributed by atoms with Crippen LogP contribution in [0.5, 0.6) is 0 Å². The van der Waals surface area contributed by atoms with E-state index in [0.717, 1.165) is 45.3 Å². The van der Waals surface area contributed by atoms with Gasteiger partial charge in [0.25, 0.3) is 0 Å². The summed E-state index contributed by atoms with van der Waals surface area (Å²) in [6.45, 7) is 8.90. The molecule has 2 saturated heterocycles. The zero-order valence-corrected chi connectivity index (χ0v) is 16.8. The van der Waals surface area contributed by atoms with E-state index >= 15 is 0 Å². The second-order valence-corrected chi connectivity index (χ2v) is 8.35. The normalized spacial score (nSPS) is 25.8. The topological polar surface area (TPSA) is 32.8 Å². The van der Waals surface area contributed by atoms with E-state index < -0.39 is 0 Å². The zero-order chi connectivity index (χ0) is 18.7. The van der Waals surface area contributed by atoms with Gasteiger partial charge in [-0.25, -0.2) is 0 Å². The van der Waals surface area contributed by atoms with Crippen molar-refractivity contribution in [2.24, 2.45) is 5.92 Å². The summed E-state index contributed by atoms with van der Waals surface area (Å²) < 4.78 is 6.75. The number of amides is 1. The van der Waals surface area contributed by atoms with Gasteiger partial charge in [0.2, 0.25) is 5.91 Å². The van der Waals surface area contributed by atoms with Crippen LogP contribution < -0.4 is 0 Å². The number of nitrogens with zero attached hydrogens (tertiary/aromatic N) is 2. The third kappa shape index (κ3) is 4.12. The number of rotatable bonds is 4. The molecular formula is C22H34N2O2. The monoisotopic (exact) mass is 358 g/mol. The van der Waals surface area contributed by atoms with Crippen molar-refractivity contribution < 1.29 is 9.53 Å². The summed E-state index contributed by atoms with van der Waals surface area (Å²) in [5.74, 6) is 0.352. The minimum atomic E-state index is -0.0966. The van der Waals surface area contributed by atoms with Crippen molar-refractivity contribution in [3.05, 3.63) is 35.9 Å². The first-order valence-corrected chi connectivity index (χ1v) is 10.2. The standard InChI is InChI=1S/C22H34N2O2/c1-5-23(4)19-15-20(18-9-7-6-8-10-18)26-22(16-19)11-13-24(14-12-22)21(25)17(2)3/h6-10,17,19-20H,5,11-16H2,1-4H3/t19-,20-/m0/s1. The van der Waals surface area contributed by atoms with Crippen LogP contribution in [0.2, 0.25) is 0 Å². The number of piperidine rings is 1. The molecule has 0 radical (unpaired) electrons. The van der Waals surface area contributed by atoms with E-state index in [1.54, 1.807) is 0 Å². The smallest absolute Gasteiger partial charge is 0.225 e. The summed E-state index contributed by atoms with van der Waals surface area (Å²) in [6, 6.07) is 11.2. The number of carbonyl (C=O) groups excluding carboxylic acids is 1. The van der Waals surface area contributed by atoms with Crippen LogP contribution in [-0.2, 0) is 9.53 Å². The molecule has 4 nitrogen and oxygen atoms in total. The number of hydrogen-bond acceptors (Lipinski definition) is 3. The maximum absolute atomic E-state index is 12.4. The van der Waals surface area contributed by atoms with Crippen molar-refractivity contribution >= 4 is 5.91 Å². The van der Waals surface area contributed by atoms with Crippen LogP contribution in [0.3, 0.4) is 0 Å². The van der Waals surface area contributed by atoms with Gasteiger partial charge in [0.05, 0.1) is 11.7 Å². The molecule has 2 fully saturated rings. The maximum Gasteiger partial charge on any atom is 0.225 e. The second kappa shape index (κ2) is 8.10. The maximum atomic E-state index is 12.4. The molecule has 1 aromatic rings. The molecule has 0 aliphatic carbocycles. The van der Waals surface area contributed by atoms with Gasteiger partial charge in [-0.15, -0.1) is 0 Å². The molecule has 1 aromatic carbocycles. The van der Waals surface area contributed by atoms with Gasteiger partial charge in [-0.1, -0.05) is 51.1 Å². The molecule has 0 unspecified atom stereocenters. The highest BCUT2D eigenvalue weighted by molar-refractivity contribution is 5.78. The Morgan fingerprint density at radius 2 is 1.92 bits per heavy atom. The molecule has 26 heavy (non-hydrogen) atoms. The molecule has 0 aromatic heterocycles. The molecule has 2 aliphatic heterocycles. The minimum absolute atomic E-state index is 0.0763. The summed E-state index contributed by atoms with van der Waals surface area (Å²) in [4.78, 5) is 16.8. The van der Waals surface area contributed by atoms with Crippen LogP contribution in [-0.4, -0.2) is 54.0 Å². The van der Waals surface area contributed by atoms with Gasteiger partial charge in [0.1, 0.15) is 0 Å². The number of ether oxygens (including phenoxy) is 1. The molecule has 0 bridgehead atoms. The fourth-order valence-corrected chi connectivity index (χ4v) is 4.45. The molecule has 2 heterocycles. The molecule has 2 atom stereocenters. The molecule has 0 saturated carbocycles. The van der Waals surface area contributed by atoms with E-state index in [9.17, 15) is 4.79 Å². The predicted molar refractivity (Wildman–Crippen MR) is 105 cm³/mol. The van der Waals surface area contributed by atoms with Crippen molar-refractivity contribution in [1.29, 1.82) is 0 Å². The number of hydrogen-bond donors (Lipinski definition) is 0. The highest BCUT2D eigenvalue weighted by Gasteiger charge is 2.45. The van der Waals surface area contributed by atoms with E-state index in [-0.39, 0.29) is 23.5 Å². The van der Waals surface area contributed by atoms with Crippen LogP contribution in [0, 0.1) is 5.92 Å². The lowest BCUT2D eigenvalue weighted by Crippen LogP contribution is -2.55. The fourth-order valence-electron chi connectivity index (χ4n) is 4.45. The Kier molecular flexibility index (Phi) is 6.03. The van der Waals surface area contributed by atoms with Crippen LogP contribution in [0.4, 0.5) is 0 Å². The first kappa shape index (κ1) is 19.4. The largest absolute Gasteiger partial charge is 0.367 e. The van der Waals surface area contributed by atoms with Gasteiger partial charge in [-0.3, -0.25) is 4.79 Å². The third-order valence-corrected chi connectivity index (χ3v) is 6.26. The average Bonchev–Trinajstić information content (AvgIpc) is 2.67. The van der Waals surface area contributed by atoms with Crippen molar-refractivity contribution in [2.45, 2.75) is 64.2 Å². The van der Waals surface area contributed by atoms with Crippen LogP contribution in [0.25, 0.3) is 0 Å². The molecule has 1 amide bonds. The minimum Gasteiger partial charge on any atom is -0.367 e. The van der Waals surface area contributed by atoms with Gasteiger partial charge in [0.15, 0.2) is 0 Å². The van der Waals surface area contributed by atoms with Gasteiger partial charge in [-0.05, 0) is 44.8 Å². The summed E-state index contributed by atoms with van der Waals surface area (Å²) in [5.41, 5.74) is 1.18. The molecule has 1 spiro atoms. The van der Waals surface area contributed by atoms with Gasteiger partial charge in [0, 0.05) is 25.0 Å². The Balaban J connectivity index is 1.76. The Morgan fingerprint density at radius 3 is 2.50 bits per heavy atom. The lowest BCUT2D eigenvalue weighted by atomic mass is 9.79. The Morgan fingerprint density at radius 1 is 1.27 bits per heavy atom. The number of carbonyl (C=O) groups is 1. The second-order valence-electron chi connectivity index (χ2n) is 8.35. The first-order chi connectivity index (χ1) is 12.4. The molecule has 2 aliphatic rings. The van der Waals surface area contributed by atoms with Crippen molar-refractivity contribution in [2.75, 3.05) is 26.7 Å². The predicted octanol–water partition coefficient (Wildman–Crippen LogP) is 3.88. The van der Waals surface area contributed by atoms with Gasteiger partial charge in [-0.2, -0.15) is 0 Å². The molecule has 3 rings (SSSR count). The van der Waals surface area contributed by atoms with E-state index in [0.29, 0.717) is 6.04 Å². The number of benzene rings is 1. The zero-order valence-electron chi connectivity index (χ0n) is 16.8.